The normalized spacial score (nSPS) is 10.1. The Morgan fingerprint density at radius 2 is 2.31 bits per heavy atom. The van der Waals surface area contributed by atoms with Crippen LogP contribution in [0.5, 0.6) is 0 Å². The molecule has 88 valence electrons. The Kier molecular flexibility index (Phi) is 4.50. The number of carboxylic acids is 1. The lowest BCUT2D eigenvalue weighted by Gasteiger charge is -2.03. The number of nitrogens with zero attached hydrogens (tertiary/aromatic N) is 2. The molecule has 1 aromatic rings. The Bertz CT molecular complexity index is 373. The zero-order valence-corrected chi connectivity index (χ0v) is 9.14. The second kappa shape index (κ2) is 5.89. The number of carboxylic acid groups (broad SMARTS) is 1. The molecule has 0 aliphatic heterocycles. The van der Waals surface area contributed by atoms with Crippen LogP contribution in [0.2, 0.25) is 0 Å². The van der Waals surface area contributed by atoms with Crippen molar-refractivity contribution < 1.29 is 14.7 Å². The van der Waals surface area contributed by atoms with E-state index in [1.54, 1.807) is 0 Å². The molecular formula is C10H15N3O3. The lowest BCUT2D eigenvalue weighted by molar-refractivity contribution is -0.121. The molecule has 1 heterocycles. The monoisotopic (exact) mass is 225 g/mol. The lowest BCUT2D eigenvalue weighted by atomic mass is 10.3. The molecular weight excluding hydrogens is 210 g/mol. The van der Waals surface area contributed by atoms with Gasteiger partial charge in [-0.3, -0.25) is 9.48 Å². The van der Waals surface area contributed by atoms with E-state index in [4.69, 9.17) is 5.11 Å². The van der Waals surface area contributed by atoms with Gasteiger partial charge in [0, 0.05) is 12.7 Å². The van der Waals surface area contributed by atoms with Crippen LogP contribution in [0.3, 0.4) is 0 Å². The first-order chi connectivity index (χ1) is 7.63. The van der Waals surface area contributed by atoms with Gasteiger partial charge in [-0.2, -0.15) is 5.10 Å². The molecule has 0 unspecified atom stereocenters. The SMILES string of the molecule is CCCCNC(=O)Cn1ccc(C(=O)O)n1. The van der Waals surface area contributed by atoms with E-state index in [-0.39, 0.29) is 18.1 Å². The van der Waals surface area contributed by atoms with Crippen LogP contribution in [-0.2, 0) is 11.3 Å². The van der Waals surface area contributed by atoms with Crippen LogP contribution >= 0.6 is 0 Å². The number of rotatable bonds is 6. The summed E-state index contributed by atoms with van der Waals surface area (Å²) in [5.41, 5.74) is -0.0543. The van der Waals surface area contributed by atoms with Crippen molar-refractivity contribution in [3.8, 4) is 0 Å². The van der Waals surface area contributed by atoms with Gasteiger partial charge in [0.25, 0.3) is 0 Å². The highest BCUT2D eigenvalue weighted by Gasteiger charge is 2.08. The maximum Gasteiger partial charge on any atom is 0.356 e. The first kappa shape index (κ1) is 12.2. The molecule has 0 aliphatic carbocycles. The molecule has 0 fully saturated rings. The van der Waals surface area contributed by atoms with Crippen molar-refractivity contribution in [2.45, 2.75) is 26.3 Å². The van der Waals surface area contributed by atoms with E-state index >= 15 is 0 Å². The summed E-state index contributed by atoms with van der Waals surface area (Å²) in [6, 6.07) is 1.36. The molecule has 0 spiro atoms. The van der Waals surface area contributed by atoms with Gasteiger partial charge in [-0.15, -0.1) is 0 Å². The molecule has 0 aliphatic rings. The molecule has 6 heteroatoms. The zero-order chi connectivity index (χ0) is 12.0. The Labute approximate surface area is 93.3 Å². The average molecular weight is 225 g/mol. The second-order valence-corrected chi connectivity index (χ2v) is 3.41. The largest absolute Gasteiger partial charge is 0.476 e. The highest BCUT2D eigenvalue weighted by Crippen LogP contribution is 1.95. The van der Waals surface area contributed by atoms with E-state index in [0.717, 1.165) is 12.8 Å². The highest BCUT2D eigenvalue weighted by atomic mass is 16.4. The van der Waals surface area contributed by atoms with Gasteiger partial charge in [0.2, 0.25) is 5.91 Å². The third-order valence-corrected chi connectivity index (χ3v) is 2.02. The van der Waals surface area contributed by atoms with E-state index < -0.39 is 5.97 Å². The van der Waals surface area contributed by atoms with E-state index in [1.807, 2.05) is 6.92 Å². The molecule has 1 aromatic heterocycles. The second-order valence-electron chi connectivity index (χ2n) is 3.41. The summed E-state index contributed by atoms with van der Waals surface area (Å²) in [4.78, 5) is 21.9. The number of carbonyl (C=O) groups is 2. The molecule has 6 nitrogen and oxygen atoms in total. The number of unbranched alkanes of at least 4 members (excludes halogenated alkanes) is 1. The fourth-order valence-corrected chi connectivity index (χ4v) is 1.17. The van der Waals surface area contributed by atoms with Crippen LogP contribution in [-0.4, -0.2) is 33.3 Å². The van der Waals surface area contributed by atoms with Crippen molar-refractivity contribution in [3.63, 3.8) is 0 Å². The summed E-state index contributed by atoms with van der Waals surface area (Å²) in [6.45, 7) is 2.73. The fourth-order valence-electron chi connectivity index (χ4n) is 1.17. The minimum atomic E-state index is -1.09. The Morgan fingerprint density at radius 1 is 1.56 bits per heavy atom. The van der Waals surface area contributed by atoms with Crippen LogP contribution in [0.1, 0.15) is 30.3 Å². The van der Waals surface area contributed by atoms with Crippen molar-refractivity contribution in [1.82, 2.24) is 15.1 Å². The number of aromatic nitrogens is 2. The van der Waals surface area contributed by atoms with Crippen molar-refractivity contribution in [3.05, 3.63) is 18.0 Å². The van der Waals surface area contributed by atoms with Gasteiger partial charge in [-0.1, -0.05) is 13.3 Å². The summed E-state index contributed by atoms with van der Waals surface area (Å²) in [7, 11) is 0. The van der Waals surface area contributed by atoms with Crippen LogP contribution in [0.4, 0.5) is 0 Å². The average Bonchev–Trinajstić information content (AvgIpc) is 2.66. The standard InChI is InChI=1S/C10H15N3O3/c1-2-3-5-11-9(14)7-13-6-4-8(12-13)10(15)16/h4,6H,2-3,5,7H2,1H3,(H,11,14)(H,15,16). The van der Waals surface area contributed by atoms with E-state index in [2.05, 4.69) is 10.4 Å². The van der Waals surface area contributed by atoms with Gasteiger partial charge in [0.15, 0.2) is 5.69 Å². The van der Waals surface area contributed by atoms with Gasteiger partial charge in [-0.25, -0.2) is 4.79 Å². The van der Waals surface area contributed by atoms with Crippen molar-refractivity contribution in [2.75, 3.05) is 6.54 Å². The molecule has 0 bridgehead atoms. The number of hydrogen-bond acceptors (Lipinski definition) is 3. The zero-order valence-electron chi connectivity index (χ0n) is 9.14. The molecule has 0 radical (unpaired) electrons. The van der Waals surface area contributed by atoms with Crippen LogP contribution in [0, 0.1) is 0 Å². The minimum absolute atomic E-state index is 0.0526. The molecule has 0 atom stereocenters. The predicted molar refractivity (Wildman–Crippen MR) is 57.1 cm³/mol. The first-order valence-electron chi connectivity index (χ1n) is 5.17. The molecule has 1 amide bonds. The van der Waals surface area contributed by atoms with Crippen LogP contribution < -0.4 is 5.32 Å². The van der Waals surface area contributed by atoms with Crippen molar-refractivity contribution in [1.29, 1.82) is 0 Å². The third-order valence-electron chi connectivity index (χ3n) is 2.02. The molecule has 0 saturated heterocycles. The minimum Gasteiger partial charge on any atom is -0.476 e. The van der Waals surface area contributed by atoms with E-state index in [0.29, 0.717) is 6.54 Å². The number of amides is 1. The Hall–Kier alpha value is -1.85. The van der Waals surface area contributed by atoms with Crippen LogP contribution in [0.15, 0.2) is 12.3 Å². The molecule has 0 aromatic carbocycles. The number of carbonyl (C=O) groups excluding carboxylic acids is 1. The maximum absolute atomic E-state index is 11.3. The number of aromatic carboxylic acids is 1. The van der Waals surface area contributed by atoms with Gasteiger partial charge >= 0.3 is 5.97 Å². The summed E-state index contributed by atoms with van der Waals surface area (Å²) in [5.74, 6) is -1.25. The highest BCUT2D eigenvalue weighted by molar-refractivity contribution is 5.85. The lowest BCUT2D eigenvalue weighted by Crippen LogP contribution is -2.28. The molecule has 1 rings (SSSR count). The summed E-state index contributed by atoms with van der Waals surface area (Å²) < 4.78 is 1.31. The van der Waals surface area contributed by atoms with Crippen molar-refractivity contribution in [2.24, 2.45) is 0 Å². The smallest absolute Gasteiger partial charge is 0.356 e. The first-order valence-corrected chi connectivity index (χ1v) is 5.17. The van der Waals surface area contributed by atoms with Gasteiger partial charge < -0.3 is 10.4 Å². The predicted octanol–water partition coefficient (Wildman–Crippen LogP) is 0.498. The third kappa shape index (κ3) is 3.72. The van der Waals surface area contributed by atoms with Crippen molar-refractivity contribution >= 4 is 11.9 Å². The Morgan fingerprint density at radius 3 is 2.88 bits per heavy atom. The summed E-state index contributed by atoms with van der Waals surface area (Å²) in [5, 5.41) is 15.1. The van der Waals surface area contributed by atoms with Crippen LogP contribution in [0.25, 0.3) is 0 Å². The van der Waals surface area contributed by atoms with Gasteiger partial charge in [-0.05, 0) is 12.5 Å². The molecule has 16 heavy (non-hydrogen) atoms. The maximum atomic E-state index is 11.3. The summed E-state index contributed by atoms with van der Waals surface area (Å²) >= 11 is 0. The molecule has 0 saturated carbocycles. The molecule has 2 N–H and O–H groups in total. The number of nitrogens with one attached hydrogen (secondary N) is 1. The van der Waals surface area contributed by atoms with Gasteiger partial charge in [0.05, 0.1) is 0 Å². The Balaban J connectivity index is 2.40. The quantitative estimate of drug-likeness (QED) is 0.690. The van der Waals surface area contributed by atoms with Gasteiger partial charge in [0.1, 0.15) is 6.54 Å². The number of hydrogen-bond donors (Lipinski definition) is 2. The van der Waals surface area contributed by atoms with E-state index in [1.165, 1.54) is 16.9 Å². The van der Waals surface area contributed by atoms with E-state index in [9.17, 15) is 9.59 Å². The topological polar surface area (TPSA) is 84.2 Å². The summed E-state index contributed by atoms with van der Waals surface area (Å²) in [6.07, 6.45) is 3.43. The fraction of sp³-hybridized carbons (Fsp3) is 0.500.